The van der Waals surface area contributed by atoms with Crippen LogP contribution in [-0.4, -0.2) is 41.8 Å². The molecule has 0 unspecified atom stereocenters. The highest BCUT2D eigenvalue weighted by molar-refractivity contribution is 5.91. The molecule has 1 saturated heterocycles. The molecule has 30 heavy (non-hydrogen) atoms. The normalized spacial score (nSPS) is 14.1. The van der Waals surface area contributed by atoms with Gasteiger partial charge < -0.3 is 15.0 Å². The van der Waals surface area contributed by atoms with E-state index >= 15 is 0 Å². The van der Waals surface area contributed by atoms with Crippen LogP contribution in [-0.2, 0) is 16.1 Å². The van der Waals surface area contributed by atoms with Crippen LogP contribution in [0.5, 0.6) is 0 Å². The minimum Gasteiger partial charge on any atom is -0.378 e. The van der Waals surface area contributed by atoms with Crippen LogP contribution in [0, 0.1) is 12.7 Å². The lowest BCUT2D eigenvalue weighted by atomic mass is 10.1. The van der Waals surface area contributed by atoms with E-state index in [0.717, 1.165) is 5.56 Å². The predicted octanol–water partition coefficient (Wildman–Crippen LogP) is 2.71. The van der Waals surface area contributed by atoms with Crippen molar-refractivity contribution in [2.75, 3.05) is 36.5 Å². The number of ether oxygens (including phenoxy) is 1. The standard InChI is InChI=1S/C22H23FN4O3/c1-15-3-2-4-17-21(15)24-14-27(22(17)29)8-7-20(28)25-16-5-6-19(18(23)13-16)26-9-11-30-12-10-26/h2-6,13-14H,7-12H2,1H3,(H,25,28). The summed E-state index contributed by atoms with van der Waals surface area (Å²) in [6.07, 6.45) is 1.54. The molecular formula is C22H23FN4O3. The highest BCUT2D eigenvalue weighted by atomic mass is 19.1. The molecule has 1 N–H and O–H groups in total. The fourth-order valence-electron chi connectivity index (χ4n) is 3.59. The van der Waals surface area contributed by atoms with Crippen LogP contribution in [0.25, 0.3) is 10.9 Å². The zero-order valence-corrected chi connectivity index (χ0v) is 16.7. The molecule has 1 aromatic heterocycles. The Morgan fingerprint density at radius 2 is 2.03 bits per heavy atom. The maximum Gasteiger partial charge on any atom is 0.261 e. The maximum atomic E-state index is 14.5. The number of benzene rings is 2. The number of morpholine rings is 1. The van der Waals surface area contributed by atoms with E-state index in [0.29, 0.717) is 48.6 Å². The molecule has 2 aromatic carbocycles. The molecule has 1 aliphatic heterocycles. The SMILES string of the molecule is Cc1cccc2c(=O)n(CCC(=O)Nc3ccc(N4CCOCC4)c(F)c3)cnc12. The Labute approximate surface area is 173 Å². The van der Waals surface area contributed by atoms with Gasteiger partial charge >= 0.3 is 0 Å². The molecule has 0 spiro atoms. The van der Waals surface area contributed by atoms with E-state index in [-0.39, 0.29) is 30.2 Å². The number of anilines is 2. The van der Waals surface area contributed by atoms with Crippen LogP contribution in [0.2, 0.25) is 0 Å². The number of halogens is 1. The third-order valence-corrected chi connectivity index (χ3v) is 5.22. The Morgan fingerprint density at radius 3 is 2.80 bits per heavy atom. The molecule has 4 rings (SSSR count). The first-order chi connectivity index (χ1) is 14.5. The fraction of sp³-hybridized carbons (Fsp3) is 0.318. The van der Waals surface area contributed by atoms with Crippen molar-refractivity contribution in [2.45, 2.75) is 19.9 Å². The van der Waals surface area contributed by atoms with Crippen molar-refractivity contribution in [1.29, 1.82) is 0 Å². The third-order valence-electron chi connectivity index (χ3n) is 5.22. The Morgan fingerprint density at radius 1 is 1.23 bits per heavy atom. The van der Waals surface area contributed by atoms with Crippen LogP contribution in [0.3, 0.4) is 0 Å². The third kappa shape index (κ3) is 4.18. The van der Waals surface area contributed by atoms with Crippen LogP contribution in [0.15, 0.2) is 47.5 Å². The summed E-state index contributed by atoms with van der Waals surface area (Å²) in [7, 11) is 0. The van der Waals surface area contributed by atoms with Gasteiger partial charge in [-0.1, -0.05) is 12.1 Å². The van der Waals surface area contributed by atoms with Crippen molar-refractivity contribution in [3.8, 4) is 0 Å². The number of para-hydroxylation sites is 1. The smallest absolute Gasteiger partial charge is 0.261 e. The molecule has 2 heterocycles. The molecule has 3 aromatic rings. The average Bonchev–Trinajstić information content (AvgIpc) is 2.74. The summed E-state index contributed by atoms with van der Waals surface area (Å²) >= 11 is 0. The van der Waals surface area contributed by atoms with Gasteiger partial charge in [0.2, 0.25) is 5.91 Å². The van der Waals surface area contributed by atoms with E-state index in [9.17, 15) is 14.0 Å². The Hall–Kier alpha value is -3.26. The van der Waals surface area contributed by atoms with Crippen LogP contribution < -0.4 is 15.8 Å². The highest BCUT2D eigenvalue weighted by Crippen LogP contribution is 2.23. The second-order valence-corrected chi connectivity index (χ2v) is 7.28. The predicted molar refractivity (Wildman–Crippen MR) is 113 cm³/mol. The molecule has 0 bridgehead atoms. The number of amides is 1. The number of rotatable bonds is 5. The summed E-state index contributed by atoms with van der Waals surface area (Å²) in [5.74, 6) is -0.690. The van der Waals surface area contributed by atoms with Gasteiger partial charge in [0.15, 0.2) is 0 Å². The van der Waals surface area contributed by atoms with Crippen molar-refractivity contribution >= 4 is 28.2 Å². The lowest BCUT2D eigenvalue weighted by Crippen LogP contribution is -2.36. The molecule has 1 amide bonds. The first kappa shape index (κ1) is 20.0. The first-order valence-corrected chi connectivity index (χ1v) is 9.90. The minimum atomic E-state index is -0.389. The van der Waals surface area contributed by atoms with E-state index in [2.05, 4.69) is 10.3 Å². The second kappa shape index (κ2) is 8.62. The van der Waals surface area contributed by atoms with Crippen LogP contribution in [0.1, 0.15) is 12.0 Å². The number of hydrogen-bond donors (Lipinski definition) is 1. The van der Waals surface area contributed by atoms with Crippen LogP contribution in [0.4, 0.5) is 15.8 Å². The minimum absolute atomic E-state index is 0.0751. The van der Waals surface area contributed by atoms with Gasteiger partial charge in [-0.05, 0) is 36.8 Å². The molecule has 1 fully saturated rings. The van der Waals surface area contributed by atoms with Gasteiger partial charge in [0, 0.05) is 31.7 Å². The van der Waals surface area contributed by atoms with E-state index in [4.69, 9.17) is 4.74 Å². The Bertz CT molecular complexity index is 1140. The summed E-state index contributed by atoms with van der Waals surface area (Å²) in [6, 6.07) is 10.1. The van der Waals surface area contributed by atoms with Gasteiger partial charge in [-0.3, -0.25) is 14.2 Å². The van der Waals surface area contributed by atoms with Crippen molar-refractivity contribution in [3.05, 3.63) is 64.5 Å². The molecule has 0 aliphatic carbocycles. The van der Waals surface area contributed by atoms with Crippen molar-refractivity contribution in [3.63, 3.8) is 0 Å². The van der Waals surface area contributed by atoms with E-state index in [1.54, 1.807) is 18.2 Å². The second-order valence-electron chi connectivity index (χ2n) is 7.28. The molecule has 156 valence electrons. The summed E-state index contributed by atoms with van der Waals surface area (Å²) in [5, 5.41) is 3.22. The number of aryl methyl sites for hydroxylation is 2. The number of nitrogens with one attached hydrogen (secondary N) is 1. The van der Waals surface area contributed by atoms with Crippen LogP contribution >= 0.6 is 0 Å². The first-order valence-electron chi connectivity index (χ1n) is 9.90. The Balaban J connectivity index is 1.40. The van der Waals surface area contributed by atoms with E-state index < -0.39 is 0 Å². The van der Waals surface area contributed by atoms with Gasteiger partial charge in [-0.15, -0.1) is 0 Å². The van der Waals surface area contributed by atoms with Crippen molar-refractivity contribution in [1.82, 2.24) is 9.55 Å². The van der Waals surface area contributed by atoms with Crippen molar-refractivity contribution < 1.29 is 13.9 Å². The van der Waals surface area contributed by atoms with Gasteiger partial charge in [0.25, 0.3) is 5.56 Å². The van der Waals surface area contributed by atoms with Crippen molar-refractivity contribution in [2.24, 2.45) is 0 Å². The quantitative estimate of drug-likeness (QED) is 0.700. The summed E-state index contributed by atoms with van der Waals surface area (Å²) in [6.45, 7) is 4.50. The summed E-state index contributed by atoms with van der Waals surface area (Å²) < 4.78 is 21.2. The Kier molecular flexibility index (Phi) is 5.76. The molecule has 1 aliphatic rings. The lowest BCUT2D eigenvalue weighted by Gasteiger charge is -2.29. The molecule has 0 atom stereocenters. The molecule has 0 saturated carbocycles. The molecule has 7 nitrogen and oxygen atoms in total. The lowest BCUT2D eigenvalue weighted by molar-refractivity contribution is -0.116. The number of aromatic nitrogens is 2. The van der Waals surface area contributed by atoms with Gasteiger partial charge in [-0.2, -0.15) is 0 Å². The average molecular weight is 410 g/mol. The maximum absolute atomic E-state index is 14.5. The number of carbonyl (C=O) groups excluding carboxylic acids is 1. The number of nitrogens with zero attached hydrogens (tertiary/aromatic N) is 3. The molecule has 0 radical (unpaired) electrons. The molecular weight excluding hydrogens is 387 g/mol. The number of hydrogen-bond acceptors (Lipinski definition) is 5. The zero-order valence-electron chi connectivity index (χ0n) is 16.7. The van der Waals surface area contributed by atoms with E-state index in [1.807, 2.05) is 24.0 Å². The summed E-state index contributed by atoms with van der Waals surface area (Å²) in [5.41, 5.74) is 2.29. The number of carbonyl (C=O) groups is 1. The monoisotopic (exact) mass is 410 g/mol. The topological polar surface area (TPSA) is 76.5 Å². The molecule has 8 heteroatoms. The van der Waals surface area contributed by atoms with E-state index in [1.165, 1.54) is 17.0 Å². The number of fused-ring (bicyclic) bond motifs is 1. The largest absolute Gasteiger partial charge is 0.378 e. The van der Waals surface area contributed by atoms with Gasteiger partial charge in [-0.25, -0.2) is 9.37 Å². The zero-order chi connectivity index (χ0) is 21.1. The summed E-state index contributed by atoms with van der Waals surface area (Å²) in [4.78, 5) is 31.2. The highest BCUT2D eigenvalue weighted by Gasteiger charge is 2.16. The fourth-order valence-corrected chi connectivity index (χ4v) is 3.59. The van der Waals surface area contributed by atoms with Gasteiger partial charge in [0.1, 0.15) is 5.82 Å². The van der Waals surface area contributed by atoms with Gasteiger partial charge in [0.05, 0.1) is 36.1 Å².